The second-order valence-electron chi connectivity index (χ2n) is 8.37. The number of ether oxygens (including phenoxy) is 1. The molecule has 148 valence electrons. The first-order valence-corrected chi connectivity index (χ1v) is 10.4. The Morgan fingerprint density at radius 2 is 1.61 bits per heavy atom. The van der Waals surface area contributed by atoms with Crippen LogP contribution in [0, 0.1) is 5.92 Å². The van der Waals surface area contributed by atoms with E-state index in [2.05, 4.69) is 29.6 Å². The maximum atomic E-state index is 12.3. The summed E-state index contributed by atoms with van der Waals surface area (Å²) in [6.07, 6.45) is 5.15. The predicted molar refractivity (Wildman–Crippen MR) is 110 cm³/mol. The first-order valence-electron chi connectivity index (χ1n) is 10.4. The first kappa shape index (κ1) is 19.0. The van der Waals surface area contributed by atoms with Gasteiger partial charge in [0, 0.05) is 12.5 Å². The summed E-state index contributed by atoms with van der Waals surface area (Å²) >= 11 is 0. The lowest BCUT2D eigenvalue weighted by Crippen LogP contribution is -2.47. The number of rotatable bonds is 5. The van der Waals surface area contributed by atoms with Crippen molar-refractivity contribution < 1.29 is 14.6 Å². The van der Waals surface area contributed by atoms with Crippen molar-refractivity contribution in [3.8, 4) is 11.1 Å². The molecule has 0 aliphatic heterocycles. The Labute approximate surface area is 166 Å². The van der Waals surface area contributed by atoms with Gasteiger partial charge >= 0.3 is 6.09 Å². The number of hydrogen-bond donors (Lipinski definition) is 2. The summed E-state index contributed by atoms with van der Waals surface area (Å²) in [4.78, 5) is 12.3. The first-order chi connectivity index (χ1) is 13.6. The molecule has 1 fully saturated rings. The van der Waals surface area contributed by atoms with Gasteiger partial charge in [-0.2, -0.15) is 0 Å². The van der Waals surface area contributed by atoms with Crippen LogP contribution in [0.5, 0.6) is 0 Å². The van der Waals surface area contributed by atoms with E-state index in [4.69, 9.17) is 4.74 Å². The highest BCUT2D eigenvalue weighted by molar-refractivity contribution is 5.79. The summed E-state index contributed by atoms with van der Waals surface area (Å²) in [6.45, 7) is 2.35. The molecular formula is C24H29NO3. The summed E-state index contributed by atoms with van der Waals surface area (Å²) < 4.78 is 5.56. The number of aliphatic hydroxyl groups is 1. The van der Waals surface area contributed by atoms with E-state index in [9.17, 15) is 9.90 Å². The molecule has 2 aromatic rings. The number of carbonyl (C=O) groups excluding carboxylic acids is 1. The van der Waals surface area contributed by atoms with Crippen LogP contribution in [0.1, 0.15) is 56.1 Å². The standard InChI is InChI=1S/C24H29NO3/c1-24(27,17-9-3-2-4-10-17)16-25-23(26)28-15-22-20-13-7-5-11-18(20)19-12-6-8-14-21(19)22/h5-8,11-14,17,22,27H,2-4,9-10,15-16H2,1H3,(H,25,26). The van der Waals surface area contributed by atoms with Crippen LogP contribution in [-0.2, 0) is 4.74 Å². The zero-order valence-corrected chi connectivity index (χ0v) is 16.5. The highest BCUT2D eigenvalue weighted by Gasteiger charge is 2.33. The zero-order chi connectivity index (χ0) is 19.6. The van der Waals surface area contributed by atoms with Gasteiger partial charge in [-0.3, -0.25) is 0 Å². The summed E-state index contributed by atoms with van der Waals surface area (Å²) in [6, 6.07) is 16.6. The quantitative estimate of drug-likeness (QED) is 0.780. The maximum absolute atomic E-state index is 12.3. The Hall–Kier alpha value is -2.33. The maximum Gasteiger partial charge on any atom is 0.407 e. The van der Waals surface area contributed by atoms with Crippen LogP contribution < -0.4 is 5.32 Å². The number of carbonyl (C=O) groups is 1. The molecular weight excluding hydrogens is 350 g/mol. The molecule has 0 spiro atoms. The van der Waals surface area contributed by atoms with Gasteiger partial charge < -0.3 is 15.2 Å². The Kier molecular flexibility index (Phi) is 5.40. The lowest BCUT2D eigenvalue weighted by molar-refractivity contribution is -0.0152. The smallest absolute Gasteiger partial charge is 0.407 e. The molecule has 4 nitrogen and oxygen atoms in total. The molecule has 4 rings (SSSR count). The Balaban J connectivity index is 1.36. The van der Waals surface area contributed by atoms with E-state index in [-0.39, 0.29) is 18.4 Å². The van der Waals surface area contributed by atoms with Crippen molar-refractivity contribution in [2.24, 2.45) is 5.92 Å². The molecule has 0 radical (unpaired) electrons. The largest absolute Gasteiger partial charge is 0.449 e. The molecule has 2 aromatic carbocycles. The van der Waals surface area contributed by atoms with Gasteiger partial charge in [0.1, 0.15) is 6.61 Å². The van der Waals surface area contributed by atoms with Crippen molar-refractivity contribution in [3.05, 3.63) is 59.7 Å². The molecule has 4 heteroatoms. The topological polar surface area (TPSA) is 58.6 Å². The second-order valence-corrected chi connectivity index (χ2v) is 8.37. The highest BCUT2D eigenvalue weighted by atomic mass is 16.5. The summed E-state index contributed by atoms with van der Waals surface area (Å²) in [5, 5.41) is 13.5. The third kappa shape index (κ3) is 3.79. The average molecular weight is 380 g/mol. The average Bonchev–Trinajstić information content (AvgIpc) is 3.05. The van der Waals surface area contributed by atoms with E-state index in [1.807, 2.05) is 31.2 Å². The molecule has 1 atom stereocenters. The number of amides is 1. The molecule has 1 unspecified atom stereocenters. The van der Waals surface area contributed by atoms with Crippen LogP contribution >= 0.6 is 0 Å². The lowest BCUT2D eigenvalue weighted by atomic mass is 9.78. The molecule has 28 heavy (non-hydrogen) atoms. The Bertz CT molecular complexity index is 794. The molecule has 1 amide bonds. The normalized spacial score (nSPS) is 18.8. The molecule has 0 bridgehead atoms. The third-order valence-electron chi connectivity index (χ3n) is 6.42. The number of benzene rings is 2. The van der Waals surface area contributed by atoms with Gasteiger partial charge in [-0.05, 0) is 47.9 Å². The fraction of sp³-hybridized carbons (Fsp3) is 0.458. The van der Waals surface area contributed by atoms with Crippen molar-refractivity contribution in [1.82, 2.24) is 5.32 Å². The zero-order valence-electron chi connectivity index (χ0n) is 16.5. The molecule has 1 saturated carbocycles. The molecule has 0 aromatic heterocycles. The lowest BCUT2D eigenvalue weighted by Gasteiger charge is -2.35. The fourth-order valence-electron chi connectivity index (χ4n) is 4.77. The molecule has 0 saturated heterocycles. The molecule has 2 aliphatic carbocycles. The van der Waals surface area contributed by atoms with Crippen molar-refractivity contribution >= 4 is 6.09 Å². The van der Waals surface area contributed by atoms with Gasteiger partial charge in [0.25, 0.3) is 0 Å². The van der Waals surface area contributed by atoms with Crippen molar-refractivity contribution in [1.29, 1.82) is 0 Å². The molecule has 2 aliphatic rings. The minimum Gasteiger partial charge on any atom is -0.449 e. The van der Waals surface area contributed by atoms with Gasteiger partial charge in [-0.15, -0.1) is 0 Å². The summed E-state index contributed by atoms with van der Waals surface area (Å²) in [5.74, 6) is 0.298. The summed E-state index contributed by atoms with van der Waals surface area (Å²) in [5.41, 5.74) is 3.95. The Morgan fingerprint density at radius 1 is 1.04 bits per heavy atom. The predicted octanol–water partition coefficient (Wildman–Crippen LogP) is 4.86. The van der Waals surface area contributed by atoms with Crippen LogP contribution in [0.3, 0.4) is 0 Å². The van der Waals surface area contributed by atoms with E-state index in [1.54, 1.807) is 0 Å². The molecule has 0 heterocycles. The van der Waals surface area contributed by atoms with E-state index < -0.39 is 11.7 Å². The van der Waals surface area contributed by atoms with E-state index in [1.165, 1.54) is 28.7 Å². The van der Waals surface area contributed by atoms with Crippen molar-refractivity contribution in [2.75, 3.05) is 13.2 Å². The van der Waals surface area contributed by atoms with Gasteiger partial charge in [-0.25, -0.2) is 4.79 Å². The Morgan fingerprint density at radius 3 is 2.21 bits per heavy atom. The molecule has 2 N–H and O–H groups in total. The van der Waals surface area contributed by atoms with Gasteiger partial charge in [0.15, 0.2) is 0 Å². The highest BCUT2D eigenvalue weighted by Crippen LogP contribution is 2.44. The van der Waals surface area contributed by atoms with E-state index in [0.717, 1.165) is 25.7 Å². The fourth-order valence-corrected chi connectivity index (χ4v) is 4.77. The van der Waals surface area contributed by atoms with Gasteiger partial charge in [0.2, 0.25) is 0 Å². The number of nitrogens with one attached hydrogen (secondary N) is 1. The van der Waals surface area contributed by atoms with Gasteiger partial charge in [0.05, 0.1) is 5.60 Å². The number of fused-ring (bicyclic) bond motifs is 3. The van der Waals surface area contributed by atoms with Crippen LogP contribution in [0.4, 0.5) is 4.79 Å². The second kappa shape index (κ2) is 7.96. The van der Waals surface area contributed by atoms with Crippen molar-refractivity contribution in [3.63, 3.8) is 0 Å². The van der Waals surface area contributed by atoms with Crippen LogP contribution in [0.2, 0.25) is 0 Å². The number of alkyl carbamates (subject to hydrolysis) is 1. The van der Waals surface area contributed by atoms with Crippen molar-refractivity contribution in [2.45, 2.75) is 50.5 Å². The minimum atomic E-state index is -0.883. The summed E-state index contributed by atoms with van der Waals surface area (Å²) in [7, 11) is 0. The minimum absolute atomic E-state index is 0.0528. The van der Waals surface area contributed by atoms with E-state index in [0.29, 0.717) is 6.61 Å². The van der Waals surface area contributed by atoms with Crippen LogP contribution in [-0.4, -0.2) is 30.0 Å². The van der Waals surface area contributed by atoms with Crippen LogP contribution in [0.25, 0.3) is 11.1 Å². The monoisotopic (exact) mass is 379 g/mol. The van der Waals surface area contributed by atoms with Gasteiger partial charge in [-0.1, -0.05) is 67.8 Å². The SMILES string of the molecule is CC(O)(CNC(=O)OCC1c2ccccc2-c2ccccc21)C1CCCCC1. The third-order valence-corrected chi connectivity index (χ3v) is 6.42. The number of hydrogen-bond acceptors (Lipinski definition) is 3. The van der Waals surface area contributed by atoms with E-state index >= 15 is 0 Å². The van der Waals surface area contributed by atoms with Crippen LogP contribution in [0.15, 0.2) is 48.5 Å².